The van der Waals surface area contributed by atoms with Crippen molar-refractivity contribution >= 4 is 16.8 Å². The van der Waals surface area contributed by atoms with Gasteiger partial charge >= 0.3 is 0 Å². The van der Waals surface area contributed by atoms with Crippen LogP contribution >= 0.6 is 11.6 Å². The Labute approximate surface area is 73.3 Å². The molecule has 1 N–H and O–H groups in total. The lowest BCUT2D eigenvalue weighted by molar-refractivity contribution is 0.439. The van der Waals surface area contributed by atoms with Gasteiger partial charge in [-0.05, 0) is 18.9 Å². The van der Waals surface area contributed by atoms with Crippen molar-refractivity contribution in [2.75, 3.05) is 0 Å². The lowest BCUT2D eigenvalue weighted by Crippen LogP contribution is -2.26. The molecule has 0 heterocycles. The molecule has 0 aliphatic carbocycles. The van der Waals surface area contributed by atoms with Crippen molar-refractivity contribution < 1.29 is 0 Å². The summed E-state index contributed by atoms with van der Waals surface area (Å²) in [6, 6.07) is 0.337. The van der Waals surface area contributed by atoms with Crippen LogP contribution in [0.3, 0.4) is 0 Å². The van der Waals surface area contributed by atoms with Crippen LogP contribution in [0.4, 0.5) is 0 Å². The number of hydrogen-bond donors (Lipinski definition) is 1. The van der Waals surface area contributed by atoms with Crippen molar-refractivity contribution in [1.29, 1.82) is 0 Å². The van der Waals surface area contributed by atoms with E-state index in [9.17, 15) is 0 Å². The second-order valence-electron chi connectivity index (χ2n) is 2.80. The van der Waals surface area contributed by atoms with Gasteiger partial charge in [0, 0.05) is 6.04 Å². The van der Waals surface area contributed by atoms with Gasteiger partial charge in [0.25, 0.3) is 0 Å². The third-order valence-electron chi connectivity index (χ3n) is 1.54. The molecule has 0 saturated heterocycles. The summed E-state index contributed by atoms with van der Waals surface area (Å²) >= 11 is 5.58. The molecule has 0 aromatic heterocycles. The van der Waals surface area contributed by atoms with Crippen LogP contribution in [-0.2, 0) is 0 Å². The zero-order valence-corrected chi connectivity index (χ0v) is 8.02. The van der Waals surface area contributed by atoms with Crippen LogP contribution in [0.1, 0.15) is 20.8 Å². The number of nitrogens with zero attached hydrogens (tertiary/aromatic N) is 1. The molecule has 0 amide bonds. The van der Waals surface area contributed by atoms with E-state index in [4.69, 9.17) is 11.6 Å². The van der Waals surface area contributed by atoms with Crippen LogP contribution in [0.25, 0.3) is 0 Å². The molecule has 0 aromatic rings. The molecule has 0 aliphatic rings. The molecule has 0 saturated carbocycles. The fourth-order valence-corrected chi connectivity index (χ4v) is 0.407. The van der Waals surface area contributed by atoms with E-state index in [1.54, 1.807) is 0 Å². The number of hydrogen-bond acceptors (Lipinski definition) is 2. The van der Waals surface area contributed by atoms with Gasteiger partial charge in [-0.25, -0.2) is 0 Å². The van der Waals surface area contributed by atoms with Crippen molar-refractivity contribution in [3.8, 4) is 0 Å². The number of allylic oxidation sites excluding steroid dienone is 1. The summed E-state index contributed by atoms with van der Waals surface area (Å²) < 4.78 is 0. The first-order valence-corrected chi connectivity index (χ1v) is 4.07. The largest absolute Gasteiger partial charge is 0.306 e. The highest BCUT2D eigenvalue weighted by molar-refractivity contribution is 6.68. The van der Waals surface area contributed by atoms with Gasteiger partial charge in [-0.2, -0.15) is 5.10 Å². The Morgan fingerprint density at radius 3 is 2.45 bits per heavy atom. The Morgan fingerprint density at radius 1 is 1.55 bits per heavy atom. The third-order valence-corrected chi connectivity index (χ3v) is 1.78. The Hall–Kier alpha value is -0.500. The van der Waals surface area contributed by atoms with E-state index in [-0.39, 0.29) is 0 Å². The number of rotatable bonds is 4. The molecule has 0 fully saturated rings. The number of nitrogens with one attached hydrogen (secondary N) is 1. The first-order chi connectivity index (χ1) is 5.07. The van der Waals surface area contributed by atoms with Crippen LogP contribution in [0.5, 0.6) is 0 Å². The second kappa shape index (κ2) is 5.19. The molecule has 0 spiro atoms. The average Bonchev–Trinajstić information content (AvgIpc) is 1.99. The van der Waals surface area contributed by atoms with E-state index < -0.39 is 0 Å². The molecule has 0 bridgehead atoms. The van der Waals surface area contributed by atoms with Gasteiger partial charge in [0.05, 0.1) is 0 Å². The molecule has 0 aromatic carbocycles. The summed E-state index contributed by atoms with van der Waals surface area (Å²) in [4.78, 5) is 0. The predicted octanol–water partition coefficient (Wildman–Crippen LogP) is 2.36. The standard InChI is InChI=1S/C8H15ClN2/c1-5-8(9)11-10-7(4)6(2)3/h5-7,10H,1H2,2-4H3/b11-8+/t7-/m0/s1. The topological polar surface area (TPSA) is 24.4 Å². The van der Waals surface area contributed by atoms with E-state index in [2.05, 4.69) is 37.9 Å². The van der Waals surface area contributed by atoms with Crippen LogP contribution in [-0.4, -0.2) is 11.2 Å². The monoisotopic (exact) mass is 174 g/mol. The van der Waals surface area contributed by atoms with Crippen molar-refractivity contribution in [1.82, 2.24) is 5.43 Å². The molecule has 11 heavy (non-hydrogen) atoms. The first-order valence-electron chi connectivity index (χ1n) is 3.69. The summed E-state index contributed by atoms with van der Waals surface area (Å²) in [5, 5.41) is 4.28. The van der Waals surface area contributed by atoms with Gasteiger partial charge in [-0.1, -0.05) is 32.0 Å². The number of halogens is 1. The molecule has 0 rings (SSSR count). The third kappa shape index (κ3) is 4.85. The molecular weight excluding hydrogens is 160 g/mol. The number of hydrazone groups is 1. The fourth-order valence-electron chi connectivity index (χ4n) is 0.358. The summed E-state index contributed by atoms with van der Waals surface area (Å²) in [5.41, 5.74) is 2.92. The fraction of sp³-hybridized carbons (Fsp3) is 0.625. The Morgan fingerprint density at radius 2 is 2.09 bits per heavy atom. The highest BCUT2D eigenvalue weighted by Gasteiger charge is 2.03. The van der Waals surface area contributed by atoms with E-state index in [0.717, 1.165) is 0 Å². The van der Waals surface area contributed by atoms with Crippen molar-refractivity contribution in [2.45, 2.75) is 26.8 Å². The minimum atomic E-state index is 0.337. The highest BCUT2D eigenvalue weighted by atomic mass is 35.5. The quantitative estimate of drug-likeness (QED) is 0.514. The molecule has 2 nitrogen and oxygen atoms in total. The molecule has 64 valence electrons. The van der Waals surface area contributed by atoms with Gasteiger partial charge < -0.3 is 5.43 Å². The predicted molar refractivity (Wildman–Crippen MR) is 50.9 cm³/mol. The van der Waals surface area contributed by atoms with Gasteiger partial charge in [-0.15, -0.1) is 0 Å². The van der Waals surface area contributed by atoms with Crippen molar-refractivity contribution in [3.05, 3.63) is 12.7 Å². The zero-order valence-electron chi connectivity index (χ0n) is 7.26. The Balaban J connectivity index is 3.77. The Bertz CT molecular complexity index is 152. The molecular formula is C8H15ClN2. The van der Waals surface area contributed by atoms with Crippen LogP contribution in [0.15, 0.2) is 17.8 Å². The van der Waals surface area contributed by atoms with E-state index in [1.807, 2.05) is 0 Å². The van der Waals surface area contributed by atoms with Crippen LogP contribution < -0.4 is 5.43 Å². The van der Waals surface area contributed by atoms with Gasteiger partial charge in [-0.3, -0.25) is 0 Å². The van der Waals surface area contributed by atoms with Crippen LogP contribution in [0, 0.1) is 5.92 Å². The maximum absolute atomic E-state index is 5.58. The second-order valence-corrected chi connectivity index (χ2v) is 3.19. The highest BCUT2D eigenvalue weighted by Crippen LogP contribution is 1.99. The molecule has 0 unspecified atom stereocenters. The van der Waals surface area contributed by atoms with E-state index >= 15 is 0 Å². The normalized spacial score (nSPS) is 14.8. The van der Waals surface area contributed by atoms with E-state index in [0.29, 0.717) is 17.1 Å². The summed E-state index contributed by atoms with van der Waals surface area (Å²) in [6.07, 6.45) is 1.50. The molecule has 0 radical (unpaired) electrons. The minimum absolute atomic E-state index is 0.337. The minimum Gasteiger partial charge on any atom is -0.306 e. The SMILES string of the molecule is C=C/C(Cl)=N\N[C@@H](C)C(C)C. The van der Waals surface area contributed by atoms with Crippen molar-refractivity contribution in [2.24, 2.45) is 11.0 Å². The van der Waals surface area contributed by atoms with Crippen LogP contribution in [0.2, 0.25) is 0 Å². The Kier molecular flexibility index (Phi) is 4.95. The zero-order chi connectivity index (χ0) is 8.85. The maximum atomic E-state index is 5.58. The molecule has 1 atom stereocenters. The first kappa shape index (κ1) is 10.5. The van der Waals surface area contributed by atoms with Crippen molar-refractivity contribution in [3.63, 3.8) is 0 Å². The summed E-state index contributed by atoms with van der Waals surface area (Å²) in [5.74, 6) is 0.549. The van der Waals surface area contributed by atoms with Gasteiger partial charge in [0.2, 0.25) is 0 Å². The lowest BCUT2D eigenvalue weighted by Gasteiger charge is -2.14. The average molecular weight is 175 g/mol. The lowest BCUT2D eigenvalue weighted by atomic mass is 10.1. The van der Waals surface area contributed by atoms with Gasteiger partial charge in [0.1, 0.15) is 5.17 Å². The smallest absolute Gasteiger partial charge is 0.148 e. The summed E-state index contributed by atoms with van der Waals surface area (Å²) in [6.45, 7) is 9.78. The molecule has 3 heteroatoms. The summed E-state index contributed by atoms with van der Waals surface area (Å²) in [7, 11) is 0. The maximum Gasteiger partial charge on any atom is 0.148 e. The van der Waals surface area contributed by atoms with E-state index in [1.165, 1.54) is 6.08 Å². The molecule has 0 aliphatic heterocycles. The van der Waals surface area contributed by atoms with Gasteiger partial charge in [0.15, 0.2) is 0 Å².